The summed E-state index contributed by atoms with van der Waals surface area (Å²) in [6.07, 6.45) is 0. The molecule has 2 aliphatic heterocycles. The van der Waals surface area contributed by atoms with Crippen LogP contribution in [0.1, 0.15) is 0 Å². The molecule has 0 fully saturated rings. The van der Waals surface area contributed by atoms with Gasteiger partial charge in [0, 0.05) is 84.0 Å². The smallest absolute Gasteiger partial charge is 0.252 e. The highest BCUT2D eigenvalue weighted by Gasteiger charge is 2.44. The van der Waals surface area contributed by atoms with Gasteiger partial charge in [0.15, 0.2) is 23.3 Å². The van der Waals surface area contributed by atoms with Crippen molar-refractivity contribution in [1.82, 2.24) is 29.5 Å². The van der Waals surface area contributed by atoms with Gasteiger partial charge in [-0.15, -0.1) is 0 Å². The Morgan fingerprint density at radius 2 is 0.518 bits per heavy atom. The first-order chi connectivity index (χ1) is 55.5. The van der Waals surface area contributed by atoms with Crippen LogP contribution in [0.4, 0.5) is 34.1 Å². The zero-order valence-corrected chi connectivity index (χ0v) is 60.8. The molecule has 9 heteroatoms. The summed E-state index contributed by atoms with van der Waals surface area (Å²) in [6, 6.07) is 146. The molecular formula is C103H67BN8. The van der Waals surface area contributed by atoms with Crippen molar-refractivity contribution < 1.29 is 0 Å². The predicted octanol–water partition coefficient (Wildman–Crippen LogP) is 24.2. The summed E-state index contributed by atoms with van der Waals surface area (Å²) in [5.74, 6) is 2.21. The number of nitrogens with zero attached hydrogens (tertiary/aromatic N) is 8. The number of rotatable bonds is 14. The van der Waals surface area contributed by atoms with Gasteiger partial charge in [-0.05, 0) is 163 Å². The summed E-state index contributed by atoms with van der Waals surface area (Å²) in [5.41, 5.74) is 31.6. The highest BCUT2D eigenvalue weighted by atomic mass is 15.2. The lowest BCUT2D eigenvalue weighted by Gasteiger charge is -2.44. The molecule has 0 spiro atoms. The maximum atomic E-state index is 5.47. The normalized spacial score (nSPS) is 12.1. The molecule has 21 rings (SSSR count). The minimum Gasteiger partial charge on any atom is -0.311 e. The van der Waals surface area contributed by atoms with E-state index >= 15 is 0 Å². The fraction of sp³-hybridized carbons (Fsp3) is 0. The standard InChI is InChI=1S/C103H67BN8/c1-9-27-68(28-10-1)72-45-52-84(53-46-72)110-95-57-50-79(70-31-13-3-14-32-70)63-89(95)104-90-64-80(71-33-15-4-16-34-71)51-58-96(90)111(85-54-47-73(48-55-85)69-29-11-2-12-30-69)98-66-81(65-97(110)99(98)104)78-49-56-94-88(62-78)87-43-25-26-44-93(87)112(94)86-60-82(102-105-91(74-35-17-5-18-36-74)67-92(106-102)75-37-19-6-20-38-75)59-83(61-86)103-108-100(76-39-21-7-22-40-76)107-101(109-103)77-41-23-8-24-42-77/h1-67H. The van der Waals surface area contributed by atoms with Crippen LogP contribution in [0, 0.1) is 0 Å². The van der Waals surface area contributed by atoms with Crippen LogP contribution in [0.15, 0.2) is 406 Å². The fourth-order valence-corrected chi connectivity index (χ4v) is 16.7. The molecule has 5 heterocycles. The molecule has 0 saturated carbocycles. The molecule has 3 aromatic heterocycles. The van der Waals surface area contributed by atoms with Gasteiger partial charge in [0.1, 0.15) is 0 Å². The number of hydrogen-bond donors (Lipinski definition) is 0. The van der Waals surface area contributed by atoms with Gasteiger partial charge in [-0.1, -0.05) is 315 Å². The molecule has 2 aliphatic rings. The molecule has 0 unspecified atom stereocenters. The van der Waals surface area contributed by atoms with Crippen LogP contribution in [-0.4, -0.2) is 36.2 Å². The third-order valence-electron chi connectivity index (χ3n) is 22.0. The Morgan fingerprint density at radius 3 is 0.955 bits per heavy atom. The maximum absolute atomic E-state index is 5.47. The Bertz CT molecular complexity index is 6310. The minimum atomic E-state index is -0.180. The van der Waals surface area contributed by atoms with Crippen LogP contribution in [0.25, 0.3) is 151 Å². The zero-order chi connectivity index (χ0) is 74.0. The van der Waals surface area contributed by atoms with E-state index in [1.807, 2.05) is 48.5 Å². The summed E-state index contributed by atoms with van der Waals surface area (Å²) in [5, 5.41) is 2.19. The van der Waals surface area contributed by atoms with E-state index in [0.717, 1.165) is 129 Å². The van der Waals surface area contributed by atoms with Gasteiger partial charge >= 0.3 is 0 Å². The fourth-order valence-electron chi connectivity index (χ4n) is 16.7. The van der Waals surface area contributed by atoms with Gasteiger partial charge in [0.25, 0.3) is 6.71 Å². The number of benzene rings is 16. The van der Waals surface area contributed by atoms with E-state index in [4.69, 9.17) is 24.9 Å². The van der Waals surface area contributed by atoms with Crippen molar-refractivity contribution in [1.29, 1.82) is 0 Å². The average molecular weight is 1430 g/mol. The summed E-state index contributed by atoms with van der Waals surface area (Å²) in [7, 11) is 0. The quantitative estimate of drug-likeness (QED) is 0.100. The molecule has 0 saturated heterocycles. The van der Waals surface area contributed by atoms with Gasteiger partial charge < -0.3 is 14.4 Å². The second-order valence-electron chi connectivity index (χ2n) is 28.7. The van der Waals surface area contributed by atoms with Crippen LogP contribution in [-0.2, 0) is 0 Å². The lowest BCUT2D eigenvalue weighted by molar-refractivity contribution is 1.07. The number of anilines is 6. The third-order valence-corrected chi connectivity index (χ3v) is 22.0. The first-order valence-corrected chi connectivity index (χ1v) is 38.0. The van der Waals surface area contributed by atoms with Gasteiger partial charge in [-0.3, -0.25) is 0 Å². The molecule has 0 aliphatic carbocycles. The summed E-state index contributed by atoms with van der Waals surface area (Å²) < 4.78 is 2.39. The van der Waals surface area contributed by atoms with E-state index in [-0.39, 0.29) is 6.71 Å². The second kappa shape index (κ2) is 27.7. The Morgan fingerprint density at radius 1 is 0.188 bits per heavy atom. The van der Waals surface area contributed by atoms with E-state index in [0.29, 0.717) is 23.3 Å². The molecule has 0 amide bonds. The lowest BCUT2D eigenvalue weighted by Crippen LogP contribution is -2.61. The third kappa shape index (κ3) is 11.8. The zero-order valence-electron chi connectivity index (χ0n) is 60.8. The van der Waals surface area contributed by atoms with Crippen molar-refractivity contribution in [3.05, 3.63) is 406 Å². The van der Waals surface area contributed by atoms with Crippen molar-refractivity contribution in [3.63, 3.8) is 0 Å². The lowest BCUT2D eigenvalue weighted by atomic mass is 9.33. The van der Waals surface area contributed by atoms with Gasteiger partial charge in [0.2, 0.25) is 0 Å². The first kappa shape index (κ1) is 65.4. The monoisotopic (exact) mass is 1430 g/mol. The number of para-hydroxylation sites is 1. The maximum Gasteiger partial charge on any atom is 0.252 e. The predicted molar refractivity (Wildman–Crippen MR) is 464 cm³/mol. The molecule has 522 valence electrons. The number of aromatic nitrogens is 6. The molecule has 19 aromatic rings. The van der Waals surface area contributed by atoms with E-state index in [1.165, 1.54) is 49.8 Å². The SMILES string of the molecule is c1ccc(-c2ccc(N3c4ccc(-c5ccccc5)cc4B4c5cc(-c6ccccc6)ccc5N(c5ccc(-c6ccccc6)cc5)c5cc(-c6ccc7c(c6)c6ccccc6n7-c6cc(-c7nc(-c8ccccc8)cc(-c8ccccc8)n7)cc(-c7nc(-c8ccccc8)nc(-c8ccccc8)n7)c6)cc3c54)cc2)cc1. The van der Waals surface area contributed by atoms with Gasteiger partial charge in [-0.25, -0.2) is 24.9 Å². The highest BCUT2D eigenvalue weighted by molar-refractivity contribution is 7.00. The van der Waals surface area contributed by atoms with Crippen molar-refractivity contribution in [2.45, 2.75) is 0 Å². The van der Waals surface area contributed by atoms with Gasteiger partial charge in [-0.2, -0.15) is 0 Å². The van der Waals surface area contributed by atoms with E-state index in [2.05, 4.69) is 372 Å². The summed E-state index contributed by atoms with van der Waals surface area (Å²) in [6.45, 7) is -0.180. The van der Waals surface area contributed by atoms with Gasteiger partial charge in [0.05, 0.1) is 22.4 Å². The summed E-state index contributed by atoms with van der Waals surface area (Å²) >= 11 is 0. The van der Waals surface area contributed by atoms with E-state index in [1.54, 1.807) is 0 Å². The Kier molecular flexibility index (Phi) is 16.2. The summed E-state index contributed by atoms with van der Waals surface area (Å²) in [4.78, 5) is 31.9. The van der Waals surface area contributed by atoms with Crippen molar-refractivity contribution >= 4 is 79.0 Å². The average Bonchev–Trinajstić information content (AvgIpc) is 0.764. The molecule has 0 N–H and O–H groups in total. The molecule has 0 radical (unpaired) electrons. The van der Waals surface area contributed by atoms with Crippen LogP contribution >= 0.6 is 0 Å². The molecule has 16 aromatic carbocycles. The number of hydrogen-bond acceptors (Lipinski definition) is 7. The van der Waals surface area contributed by atoms with Crippen molar-refractivity contribution in [2.24, 2.45) is 0 Å². The van der Waals surface area contributed by atoms with Crippen LogP contribution in [0.5, 0.6) is 0 Å². The topological polar surface area (TPSA) is 75.9 Å². The highest BCUT2D eigenvalue weighted by Crippen LogP contribution is 2.49. The molecular weight excluding hydrogens is 1360 g/mol. The molecule has 8 nitrogen and oxygen atoms in total. The van der Waals surface area contributed by atoms with E-state index < -0.39 is 0 Å². The molecule has 0 atom stereocenters. The first-order valence-electron chi connectivity index (χ1n) is 38.0. The number of fused-ring (bicyclic) bond motifs is 7. The largest absolute Gasteiger partial charge is 0.311 e. The molecule has 112 heavy (non-hydrogen) atoms. The van der Waals surface area contributed by atoms with Crippen LogP contribution in [0.2, 0.25) is 0 Å². The van der Waals surface area contributed by atoms with Crippen molar-refractivity contribution in [2.75, 3.05) is 9.80 Å². The Labute approximate surface area is 650 Å². The molecule has 0 bridgehead atoms. The Hall–Kier alpha value is -14.9. The van der Waals surface area contributed by atoms with Crippen LogP contribution in [0.3, 0.4) is 0 Å². The second-order valence-corrected chi connectivity index (χ2v) is 28.7. The minimum absolute atomic E-state index is 0.180. The Balaban J connectivity index is 0.803. The van der Waals surface area contributed by atoms with E-state index in [9.17, 15) is 0 Å². The van der Waals surface area contributed by atoms with Crippen LogP contribution < -0.4 is 26.2 Å². The van der Waals surface area contributed by atoms with Crippen molar-refractivity contribution in [3.8, 4) is 129 Å².